The molecule has 0 saturated carbocycles. The van der Waals surface area contributed by atoms with Crippen molar-refractivity contribution in [3.63, 3.8) is 0 Å². The molecule has 0 spiro atoms. The second-order valence-corrected chi connectivity index (χ2v) is 6.77. The molecular weight excluding hydrogens is 286 g/mol. The van der Waals surface area contributed by atoms with Gasteiger partial charge >= 0.3 is 0 Å². The Morgan fingerprint density at radius 3 is 2.39 bits per heavy atom. The molecule has 1 N–H and O–H groups in total. The van der Waals surface area contributed by atoms with Crippen LogP contribution in [0.2, 0.25) is 0 Å². The van der Waals surface area contributed by atoms with E-state index in [1.807, 2.05) is 12.1 Å². The van der Waals surface area contributed by atoms with Gasteiger partial charge in [0.2, 0.25) is 5.91 Å². The zero-order valence-electron chi connectivity index (χ0n) is 15.3. The lowest BCUT2D eigenvalue weighted by Gasteiger charge is -2.23. The van der Waals surface area contributed by atoms with E-state index in [9.17, 15) is 4.79 Å². The third-order valence-electron chi connectivity index (χ3n) is 4.44. The van der Waals surface area contributed by atoms with E-state index in [4.69, 9.17) is 4.74 Å². The monoisotopic (exact) mass is 319 g/mol. The molecule has 0 radical (unpaired) electrons. The normalized spacial score (nSPS) is 11.3. The highest BCUT2D eigenvalue weighted by atomic mass is 16.5. The quantitative estimate of drug-likeness (QED) is 0.593. The Labute approximate surface area is 141 Å². The molecule has 1 rings (SSSR count). The van der Waals surface area contributed by atoms with Crippen LogP contribution in [0.1, 0.15) is 71.8 Å². The van der Waals surface area contributed by atoms with Gasteiger partial charge in [-0.1, -0.05) is 52.7 Å². The minimum absolute atomic E-state index is 0.129. The summed E-state index contributed by atoms with van der Waals surface area (Å²) in [4.78, 5) is 11.6. The van der Waals surface area contributed by atoms with Crippen molar-refractivity contribution in [2.24, 2.45) is 0 Å². The summed E-state index contributed by atoms with van der Waals surface area (Å²) >= 11 is 0. The van der Waals surface area contributed by atoms with Gasteiger partial charge in [0.25, 0.3) is 0 Å². The largest absolute Gasteiger partial charge is 0.494 e. The number of nitrogens with one attached hydrogen (secondary N) is 1. The number of hydrogen-bond acceptors (Lipinski definition) is 2. The van der Waals surface area contributed by atoms with Crippen LogP contribution < -0.4 is 10.1 Å². The summed E-state index contributed by atoms with van der Waals surface area (Å²) < 4.78 is 5.72. The van der Waals surface area contributed by atoms with Gasteiger partial charge in [0.05, 0.1) is 6.61 Å². The van der Waals surface area contributed by atoms with Gasteiger partial charge in [-0.15, -0.1) is 0 Å². The molecule has 23 heavy (non-hydrogen) atoms. The van der Waals surface area contributed by atoms with Crippen molar-refractivity contribution in [1.29, 1.82) is 0 Å². The van der Waals surface area contributed by atoms with Gasteiger partial charge in [0, 0.05) is 13.0 Å². The molecule has 0 aliphatic rings. The summed E-state index contributed by atoms with van der Waals surface area (Å²) in [6.45, 7) is 10.2. The third kappa shape index (κ3) is 7.54. The van der Waals surface area contributed by atoms with E-state index in [1.165, 1.54) is 18.4 Å². The van der Waals surface area contributed by atoms with Gasteiger partial charge < -0.3 is 10.1 Å². The predicted octanol–water partition coefficient (Wildman–Crippen LogP) is 4.84. The number of carbonyl (C=O) groups is 1. The van der Waals surface area contributed by atoms with E-state index in [1.54, 1.807) is 0 Å². The minimum atomic E-state index is 0.129. The van der Waals surface area contributed by atoms with E-state index >= 15 is 0 Å². The average Bonchev–Trinajstić information content (AvgIpc) is 2.56. The zero-order chi connectivity index (χ0) is 17.1. The molecule has 0 fully saturated rings. The molecule has 3 nitrogen and oxygen atoms in total. The van der Waals surface area contributed by atoms with Crippen LogP contribution in [0.25, 0.3) is 0 Å². The lowest BCUT2D eigenvalue weighted by molar-refractivity contribution is -0.121. The Morgan fingerprint density at radius 2 is 1.78 bits per heavy atom. The van der Waals surface area contributed by atoms with E-state index in [2.05, 4.69) is 45.1 Å². The van der Waals surface area contributed by atoms with Crippen LogP contribution >= 0.6 is 0 Å². The second kappa shape index (κ2) is 10.3. The molecule has 0 saturated heterocycles. The molecular formula is C20H33NO2. The van der Waals surface area contributed by atoms with Crippen LogP contribution in [-0.2, 0) is 10.2 Å². The van der Waals surface area contributed by atoms with Gasteiger partial charge in [0.1, 0.15) is 5.75 Å². The predicted molar refractivity (Wildman–Crippen MR) is 97.0 cm³/mol. The van der Waals surface area contributed by atoms with Gasteiger partial charge in [-0.2, -0.15) is 0 Å². The van der Waals surface area contributed by atoms with Crippen molar-refractivity contribution in [2.45, 2.75) is 71.6 Å². The minimum Gasteiger partial charge on any atom is -0.494 e. The first kappa shape index (κ1) is 19.5. The molecule has 130 valence electrons. The van der Waals surface area contributed by atoms with Crippen LogP contribution in [0.3, 0.4) is 0 Å². The first-order valence-corrected chi connectivity index (χ1v) is 8.99. The third-order valence-corrected chi connectivity index (χ3v) is 4.44. The number of rotatable bonds is 11. The van der Waals surface area contributed by atoms with Crippen LogP contribution in [-0.4, -0.2) is 19.1 Å². The number of ether oxygens (including phenoxy) is 1. The van der Waals surface area contributed by atoms with Gasteiger partial charge in [0.15, 0.2) is 0 Å². The molecule has 1 aromatic carbocycles. The Hall–Kier alpha value is -1.51. The van der Waals surface area contributed by atoms with Gasteiger partial charge in [-0.05, 0) is 42.4 Å². The number of benzene rings is 1. The number of carbonyl (C=O) groups excluding carboxylic acids is 1. The molecule has 0 aromatic heterocycles. The SMILES string of the molecule is CCCCCNC(=O)CCCOc1ccc(C(C)(C)CC)cc1. The van der Waals surface area contributed by atoms with Crippen LogP contribution in [0.15, 0.2) is 24.3 Å². The lowest BCUT2D eigenvalue weighted by Crippen LogP contribution is -2.24. The van der Waals surface area contributed by atoms with Crippen molar-refractivity contribution in [1.82, 2.24) is 5.32 Å². The van der Waals surface area contributed by atoms with Crippen LogP contribution in [0.5, 0.6) is 5.75 Å². The molecule has 0 unspecified atom stereocenters. The fourth-order valence-corrected chi connectivity index (χ4v) is 2.32. The molecule has 0 bridgehead atoms. The lowest BCUT2D eigenvalue weighted by atomic mass is 9.82. The summed E-state index contributed by atoms with van der Waals surface area (Å²) in [5, 5.41) is 2.95. The van der Waals surface area contributed by atoms with E-state index in [0.29, 0.717) is 13.0 Å². The highest BCUT2D eigenvalue weighted by molar-refractivity contribution is 5.75. The summed E-state index contributed by atoms with van der Waals surface area (Å²) in [6.07, 6.45) is 5.82. The smallest absolute Gasteiger partial charge is 0.220 e. The highest BCUT2D eigenvalue weighted by Crippen LogP contribution is 2.28. The number of amides is 1. The number of unbranched alkanes of at least 4 members (excludes halogenated alkanes) is 2. The topological polar surface area (TPSA) is 38.3 Å². The van der Waals surface area contributed by atoms with Crippen LogP contribution in [0.4, 0.5) is 0 Å². The average molecular weight is 319 g/mol. The van der Waals surface area contributed by atoms with E-state index < -0.39 is 0 Å². The molecule has 0 heterocycles. The Morgan fingerprint density at radius 1 is 1.09 bits per heavy atom. The summed E-state index contributed by atoms with van der Waals surface area (Å²) in [5.41, 5.74) is 1.54. The summed E-state index contributed by atoms with van der Waals surface area (Å²) in [6, 6.07) is 8.33. The van der Waals surface area contributed by atoms with Crippen molar-refractivity contribution in [3.05, 3.63) is 29.8 Å². The molecule has 0 aliphatic carbocycles. The van der Waals surface area contributed by atoms with Gasteiger partial charge in [-0.25, -0.2) is 0 Å². The molecule has 0 atom stereocenters. The first-order chi connectivity index (χ1) is 11.0. The fraction of sp³-hybridized carbons (Fsp3) is 0.650. The maximum Gasteiger partial charge on any atom is 0.220 e. The maximum atomic E-state index is 11.6. The zero-order valence-corrected chi connectivity index (χ0v) is 15.3. The molecule has 0 aliphatic heterocycles. The fourth-order valence-electron chi connectivity index (χ4n) is 2.32. The molecule has 3 heteroatoms. The molecule has 1 aromatic rings. The van der Waals surface area contributed by atoms with Gasteiger partial charge in [-0.3, -0.25) is 4.79 Å². The number of hydrogen-bond donors (Lipinski definition) is 1. The summed E-state index contributed by atoms with van der Waals surface area (Å²) in [5.74, 6) is 1.01. The maximum absolute atomic E-state index is 11.6. The van der Waals surface area contributed by atoms with E-state index in [0.717, 1.165) is 31.6 Å². The Kier molecular flexibility index (Phi) is 8.75. The van der Waals surface area contributed by atoms with Crippen molar-refractivity contribution in [2.75, 3.05) is 13.2 Å². The van der Waals surface area contributed by atoms with Crippen LogP contribution in [0, 0.1) is 0 Å². The Balaban J connectivity index is 2.22. The van der Waals surface area contributed by atoms with Crippen molar-refractivity contribution < 1.29 is 9.53 Å². The van der Waals surface area contributed by atoms with E-state index in [-0.39, 0.29) is 11.3 Å². The van der Waals surface area contributed by atoms with Crippen molar-refractivity contribution >= 4 is 5.91 Å². The second-order valence-electron chi connectivity index (χ2n) is 6.77. The summed E-state index contributed by atoms with van der Waals surface area (Å²) in [7, 11) is 0. The van der Waals surface area contributed by atoms with Crippen molar-refractivity contribution in [3.8, 4) is 5.75 Å². The molecule has 1 amide bonds. The first-order valence-electron chi connectivity index (χ1n) is 8.99. The standard InChI is InChI=1S/C20H33NO2/c1-5-7-8-15-21-19(22)10-9-16-23-18-13-11-17(12-14-18)20(3,4)6-2/h11-14H,5-10,15-16H2,1-4H3,(H,21,22). The Bertz CT molecular complexity index is 451. The highest BCUT2D eigenvalue weighted by Gasteiger charge is 2.17.